The maximum atomic E-state index is 12.4. The summed E-state index contributed by atoms with van der Waals surface area (Å²) in [5.74, 6) is 0.0920. The van der Waals surface area contributed by atoms with Crippen LogP contribution in [0.25, 0.3) is 0 Å². The quantitative estimate of drug-likeness (QED) is 0.867. The summed E-state index contributed by atoms with van der Waals surface area (Å²) in [7, 11) is 0. The topological polar surface area (TPSA) is 41.1 Å². The number of aryl methyl sites for hydroxylation is 1. The van der Waals surface area contributed by atoms with Gasteiger partial charge >= 0.3 is 0 Å². The molecule has 0 atom stereocenters. The Kier molecular flexibility index (Phi) is 5.60. The molecule has 0 radical (unpaired) electrons. The van der Waals surface area contributed by atoms with Crippen LogP contribution in [0.1, 0.15) is 55.5 Å². The van der Waals surface area contributed by atoms with Gasteiger partial charge in [-0.25, -0.2) is 0 Å². The number of benzene rings is 1. The Bertz CT molecular complexity index is 436. The van der Waals surface area contributed by atoms with Gasteiger partial charge in [-0.15, -0.1) is 0 Å². The highest BCUT2D eigenvalue weighted by molar-refractivity contribution is 5.95. The third-order valence-corrected chi connectivity index (χ3v) is 4.20. The smallest absolute Gasteiger partial charge is 0.251 e. The lowest BCUT2D eigenvalue weighted by molar-refractivity contribution is 0.0923. The van der Waals surface area contributed by atoms with Gasteiger partial charge in [-0.05, 0) is 50.3 Å². The average molecular weight is 274 g/mol. The van der Waals surface area contributed by atoms with Crippen molar-refractivity contribution in [2.24, 2.45) is 0 Å². The molecule has 1 amide bonds. The molecular weight excluding hydrogens is 248 g/mol. The zero-order valence-electron chi connectivity index (χ0n) is 12.6. The molecule has 20 heavy (non-hydrogen) atoms. The van der Waals surface area contributed by atoms with Gasteiger partial charge in [0.05, 0.1) is 0 Å². The van der Waals surface area contributed by atoms with Crippen LogP contribution in [0.15, 0.2) is 24.3 Å². The second kappa shape index (κ2) is 7.44. The lowest BCUT2D eigenvalue weighted by atomic mass is 9.91. The molecule has 3 heteroatoms. The maximum Gasteiger partial charge on any atom is 0.251 e. The highest BCUT2D eigenvalue weighted by Gasteiger charge is 2.22. The molecule has 0 aromatic heterocycles. The summed E-state index contributed by atoms with van der Waals surface area (Å²) in [5.41, 5.74) is 1.97. The molecule has 0 aliphatic heterocycles. The molecule has 1 aromatic rings. The standard InChI is InChI=1S/C17H26N2O/c1-3-13-7-5-6-8-16(13)17(20)19-15-11-9-14(10-12-15)18-4-2/h5-8,14-15,18H,3-4,9-12H2,1-2H3,(H,19,20). The van der Waals surface area contributed by atoms with Crippen molar-refractivity contribution in [3.05, 3.63) is 35.4 Å². The lowest BCUT2D eigenvalue weighted by Gasteiger charge is -2.29. The predicted octanol–water partition coefficient (Wildman–Crippen LogP) is 2.90. The van der Waals surface area contributed by atoms with E-state index in [-0.39, 0.29) is 5.91 Å². The number of carbonyl (C=O) groups excluding carboxylic acids is 1. The molecule has 1 aliphatic rings. The fourth-order valence-corrected chi connectivity index (χ4v) is 3.04. The SMILES string of the molecule is CCNC1CCC(NC(=O)c2ccccc2CC)CC1. The molecule has 110 valence electrons. The monoisotopic (exact) mass is 274 g/mol. The number of rotatable bonds is 5. The minimum Gasteiger partial charge on any atom is -0.349 e. The van der Waals surface area contributed by atoms with E-state index in [2.05, 4.69) is 24.5 Å². The first kappa shape index (κ1) is 15.0. The molecule has 0 spiro atoms. The van der Waals surface area contributed by atoms with Gasteiger partial charge in [0.1, 0.15) is 0 Å². The minimum atomic E-state index is 0.0920. The summed E-state index contributed by atoms with van der Waals surface area (Å²) in [6.07, 6.45) is 5.38. The van der Waals surface area contributed by atoms with Crippen LogP contribution in [0.4, 0.5) is 0 Å². The minimum absolute atomic E-state index is 0.0920. The molecule has 1 aliphatic carbocycles. The van der Waals surface area contributed by atoms with Gasteiger partial charge in [-0.1, -0.05) is 32.0 Å². The van der Waals surface area contributed by atoms with E-state index in [0.717, 1.165) is 49.8 Å². The molecular formula is C17H26N2O. The van der Waals surface area contributed by atoms with Gasteiger partial charge in [0.15, 0.2) is 0 Å². The Morgan fingerprint density at radius 1 is 1.10 bits per heavy atom. The number of carbonyl (C=O) groups is 1. The number of amides is 1. The Hall–Kier alpha value is -1.35. The predicted molar refractivity (Wildman–Crippen MR) is 83.0 cm³/mol. The Labute approximate surface area is 122 Å². The van der Waals surface area contributed by atoms with Gasteiger partial charge < -0.3 is 10.6 Å². The van der Waals surface area contributed by atoms with Crippen molar-refractivity contribution in [3.63, 3.8) is 0 Å². The van der Waals surface area contributed by atoms with Crippen LogP contribution in [0.2, 0.25) is 0 Å². The molecule has 0 heterocycles. The van der Waals surface area contributed by atoms with Crippen LogP contribution >= 0.6 is 0 Å². The third kappa shape index (κ3) is 3.83. The second-order valence-electron chi connectivity index (χ2n) is 5.59. The van der Waals surface area contributed by atoms with Crippen LogP contribution in [-0.2, 0) is 6.42 Å². The van der Waals surface area contributed by atoms with Crippen molar-refractivity contribution >= 4 is 5.91 Å². The van der Waals surface area contributed by atoms with E-state index in [4.69, 9.17) is 0 Å². The summed E-state index contributed by atoms with van der Waals surface area (Å²) in [4.78, 5) is 12.4. The summed E-state index contributed by atoms with van der Waals surface area (Å²) < 4.78 is 0. The van der Waals surface area contributed by atoms with Crippen LogP contribution in [0.5, 0.6) is 0 Å². The van der Waals surface area contributed by atoms with Crippen molar-refractivity contribution in [1.29, 1.82) is 0 Å². The Balaban J connectivity index is 1.89. The van der Waals surface area contributed by atoms with Gasteiger partial charge in [0.25, 0.3) is 5.91 Å². The highest BCUT2D eigenvalue weighted by atomic mass is 16.1. The first-order valence-corrected chi connectivity index (χ1v) is 7.86. The van der Waals surface area contributed by atoms with Gasteiger partial charge in [-0.2, -0.15) is 0 Å². The zero-order chi connectivity index (χ0) is 14.4. The van der Waals surface area contributed by atoms with Crippen molar-refractivity contribution in [3.8, 4) is 0 Å². The summed E-state index contributed by atoms with van der Waals surface area (Å²) in [5, 5.41) is 6.70. The van der Waals surface area contributed by atoms with E-state index in [0.29, 0.717) is 12.1 Å². The van der Waals surface area contributed by atoms with E-state index in [9.17, 15) is 4.79 Å². The van der Waals surface area contributed by atoms with E-state index in [1.807, 2.05) is 24.3 Å². The van der Waals surface area contributed by atoms with Crippen molar-refractivity contribution < 1.29 is 4.79 Å². The normalized spacial score (nSPS) is 22.5. The van der Waals surface area contributed by atoms with Crippen LogP contribution in [-0.4, -0.2) is 24.5 Å². The molecule has 0 bridgehead atoms. The van der Waals surface area contributed by atoms with Crippen LogP contribution in [0.3, 0.4) is 0 Å². The van der Waals surface area contributed by atoms with E-state index >= 15 is 0 Å². The summed E-state index contributed by atoms with van der Waals surface area (Å²) >= 11 is 0. The first-order valence-electron chi connectivity index (χ1n) is 7.86. The molecule has 1 fully saturated rings. The van der Waals surface area contributed by atoms with Crippen LogP contribution < -0.4 is 10.6 Å². The molecule has 1 aromatic carbocycles. The van der Waals surface area contributed by atoms with Gasteiger partial charge in [0, 0.05) is 17.6 Å². The number of nitrogens with one attached hydrogen (secondary N) is 2. The summed E-state index contributed by atoms with van der Waals surface area (Å²) in [6.45, 7) is 5.27. The molecule has 0 saturated heterocycles. The molecule has 0 unspecified atom stereocenters. The number of hydrogen-bond donors (Lipinski definition) is 2. The molecule has 3 nitrogen and oxygen atoms in total. The van der Waals surface area contributed by atoms with Gasteiger partial charge in [0.2, 0.25) is 0 Å². The molecule has 1 saturated carbocycles. The van der Waals surface area contributed by atoms with Crippen LogP contribution in [0, 0.1) is 0 Å². The van der Waals surface area contributed by atoms with E-state index < -0.39 is 0 Å². The number of hydrogen-bond acceptors (Lipinski definition) is 2. The molecule has 2 N–H and O–H groups in total. The fraction of sp³-hybridized carbons (Fsp3) is 0.588. The van der Waals surface area contributed by atoms with Crippen molar-refractivity contribution in [2.75, 3.05) is 6.54 Å². The zero-order valence-corrected chi connectivity index (χ0v) is 12.6. The van der Waals surface area contributed by atoms with Gasteiger partial charge in [-0.3, -0.25) is 4.79 Å². The first-order chi connectivity index (χ1) is 9.74. The van der Waals surface area contributed by atoms with Crippen molar-refractivity contribution in [1.82, 2.24) is 10.6 Å². The fourth-order valence-electron chi connectivity index (χ4n) is 3.04. The maximum absolute atomic E-state index is 12.4. The molecule has 2 rings (SSSR count). The second-order valence-corrected chi connectivity index (χ2v) is 5.59. The van der Waals surface area contributed by atoms with E-state index in [1.165, 1.54) is 0 Å². The third-order valence-electron chi connectivity index (χ3n) is 4.20. The van der Waals surface area contributed by atoms with Crippen molar-refractivity contribution in [2.45, 2.75) is 58.0 Å². The lowest BCUT2D eigenvalue weighted by Crippen LogP contribution is -2.42. The van der Waals surface area contributed by atoms with E-state index in [1.54, 1.807) is 0 Å². The Morgan fingerprint density at radius 3 is 2.40 bits per heavy atom. The largest absolute Gasteiger partial charge is 0.349 e. The Morgan fingerprint density at radius 2 is 1.75 bits per heavy atom. The summed E-state index contributed by atoms with van der Waals surface area (Å²) in [6, 6.07) is 8.88. The average Bonchev–Trinajstić information content (AvgIpc) is 2.49. The highest BCUT2D eigenvalue weighted by Crippen LogP contribution is 2.19.